The van der Waals surface area contributed by atoms with Gasteiger partial charge in [0.15, 0.2) is 0 Å². The second kappa shape index (κ2) is 8.04. The van der Waals surface area contributed by atoms with Gasteiger partial charge in [-0.05, 0) is 41.5 Å². The fraction of sp³-hybridized carbons (Fsp3) is 0.524. The molecule has 0 spiro atoms. The normalized spacial score (nSPS) is 12.6. The summed E-state index contributed by atoms with van der Waals surface area (Å²) in [6.45, 7) is 13.7. The van der Waals surface area contributed by atoms with Gasteiger partial charge in [-0.25, -0.2) is 0 Å². The largest absolute Gasteiger partial charge is 0.540 e. The Balaban J connectivity index is 2.37. The van der Waals surface area contributed by atoms with Crippen LogP contribution >= 0.6 is 11.8 Å². The van der Waals surface area contributed by atoms with Gasteiger partial charge in [-0.15, -0.1) is 11.8 Å². The van der Waals surface area contributed by atoms with Crippen LogP contribution in [-0.2, 0) is 0 Å². The molecule has 136 valence electrons. The van der Waals surface area contributed by atoms with Crippen LogP contribution in [0.1, 0.15) is 41.5 Å². The Morgan fingerprint density at radius 1 is 1.00 bits per heavy atom. The maximum Gasteiger partial charge on any atom is 0.318 e. The zero-order chi connectivity index (χ0) is 18.8. The minimum atomic E-state index is 0.131. The topological polar surface area (TPSA) is 29.5 Å². The van der Waals surface area contributed by atoms with E-state index in [1.807, 2.05) is 30.5 Å². The molecule has 0 fully saturated rings. The third kappa shape index (κ3) is 3.85. The van der Waals surface area contributed by atoms with Gasteiger partial charge in [0, 0.05) is 21.4 Å². The van der Waals surface area contributed by atoms with E-state index in [0.29, 0.717) is 33.3 Å². The third-order valence-electron chi connectivity index (χ3n) is 5.32. The Kier molecular flexibility index (Phi) is 6.49. The highest BCUT2D eigenvalue weighted by Gasteiger charge is 2.43. The van der Waals surface area contributed by atoms with Crippen molar-refractivity contribution >= 4 is 32.3 Å². The summed E-state index contributed by atoms with van der Waals surface area (Å²) in [4.78, 5) is 1.09. The van der Waals surface area contributed by atoms with E-state index in [0.717, 1.165) is 21.4 Å². The first kappa shape index (κ1) is 20.2. The van der Waals surface area contributed by atoms with Crippen LogP contribution in [0.4, 0.5) is 0 Å². The molecule has 2 aromatic rings. The van der Waals surface area contributed by atoms with Crippen molar-refractivity contribution < 1.29 is 9.53 Å². The first-order chi connectivity index (χ1) is 11.7. The molecule has 0 aromatic heterocycles. The van der Waals surface area contributed by atoms with Gasteiger partial charge in [-0.2, -0.15) is 0 Å². The van der Waals surface area contributed by atoms with Crippen molar-refractivity contribution in [1.29, 1.82) is 0 Å². The third-order valence-corrected chi connectivity index (χ3v) is 8.53. The predicted octanol–water partition coefficient (Wildman–Crippen LogP) is 6.39. The van der Waals surface area contributed by atoms with Crippen LogP contribution < -0.4 is 4.43 Å². The molecule has 2 radical (unpaired) electrons. The van der Waals surface area contributed by atoms with Gasteiger partial charge < -0.3 is 9.53 Å². The van der Waals surface area contributed by atoms with Crippen molar-refractivity contribution in [2.24, 2.45) is 17.8 Å². The second-order valence-corrected chi connectivity index (χ2v) is 9.72. The van der Waals surface area contributed by atoms with Crippen LogP contribution in [0.3, 0.4) is 0 Å². The molecule has 2 aromatic carbocycles. The molecule has 0 heterocycles. The van der Waals surface area contributed by atoms with Gasteiger partial charge in [0.2, 0.25) is 0 Å². The Morgan fingerprint density at radius 2 is 1.60 bits per heavy atom. The predicted molar refractivity (Wildman–Crippen MR) is 111 cm³/mol. The molecule has 2 nitrogen and oxygen atoms in total. The molecule has 1 N–H and O–H groups in total. The monoisotopic (exact) mass is 374 g/mol. The lowest BCUT2D eigenvalue weighted by atomic mass is 9.76. The summed E-state index contributed by atoms with van der Waals surface area (Å²) in [6, 6.07) is 9.91. The molecule has 0 saturated carbocycles. The summed E-state index contributed by atoms with van der Waals surface area (Å²) < 4.78 is 6.28. The zero-order valence-electron chi connectivity index (χ0n) is 16.4. The Labute approximate surface area is 159 Å². The van der Waals surface area contributed by atoms with Crippen molar-refractivity contribution in [1.82, 2.24) is 0 Å². The van der Waals surface area contributed by atoms with Gasteiger partial charge in [-0.3, -0.25) is 0 Å². The molecular weight excluding hydrogens is 344 g/mol. The number of thioether (sulfide) groups is 1. The summed E-state index contributed by atoms with van der Waals surface area (Å²) in [5.41, 5.74) is 0. The van der Waals surface area contributed by atoms with E-state index in [9.17, 15) is 5.11 Å². The summed E-state index contributed by atoms with van der Waals surface area (Å²) >= 11 is 1.65. The zero-order valence-corrected chi connectivity index (χ0v) is 18.2. The van der Waals surface area contributed by atoms with Crippen LogP contribution in [0.2, 0.25) is 5.04 Å². The summed E-state index contributed by atoms with van der Waals surface area (Å²) in [5, 5.41) is 12.6. The van der Waals surface area contributed by atoms with E-state index >= 15 is 0 Å². The van der Waals surface area contributed by atoms with Gasteiger partial charge >= 0.3 is 9.76 Å². The molecular formula is C21H30O2SSi. The van der Waals surface area contributed by atoms with E-state index in [4.69, 9.17) is 4.43 Å². The van der Waals surface area contributed by atoms with Crippen LogP contribution in [-0.4, -0.2) is 21.1 Å². The average molecular weight is 375 g/mol. The van der Waals surface area contributed by atoms with Gasteiger partial charge in [0.1, 0.15) is 11.5 Å². The molecule has 0 saturated heterocycles. The maximum absolute atomic E-state index is 10.5. The SMILES string of the molecule is CSc1cccc2cc(O[Si]C(C(C)C)(C(C)C)C(C)C)cc(O)c12. The molecule has 0 aliphatic heterocycles. The fourth-order valence-electron chi connectivity index (χ4n) is 4.07. The number of hydrogen-bond donors (Lipinski definition) is 1. The van der Waals surface area contributed by atoms with Gasteiger partial charge in [0.05, 0.1) is 0 Å². The lowest BCUT2D eigenvalue weighted by molar-refractivity contribution is 0.215. The Bertz CT molecular complexity index is 703. The number of phenols is 1. The van der Waals surface area contributed by atoms with Crippen LogP contribution in [0.15, 0.2) is 35.2 Å². The highest BCUT2D eigenvalue weighted by Crippen LogP contribution is 2.49. The molecule has 0 amide bonds. The fourth-order valence-corrected chi connectivity index (χ4v) is 5.84. The number of hydrogen-bond acceptors (Lipinski definition) is 3. The van der Waals surface area contributed by atoms with E-state index in [2.05, 4.69) is 41.5 Å². The molecule has 0 bridgehead atoms. The lowest BCUT2D eigenvalue weighted by Gasteiger charge is -2.43. The first-order valence-electron chi connectivity index (χ1n) is 8.97. The quantitative estimate of drug-likeness (QED) is 0.449. The number of aromatic hydroxyl groups is 1. The highest BCUT2D eigenvalue weighted by molar-refractivity contribution is 7.98. The minimum absolute atomic E-state index is 0.131. The molecule has 0 aliphatic rings. The van der Waals surface area contributed by atoms with Crippen molar-refractivity contribution in [3.8, 4) is 11.5 Å². The van der Waals surface area contributed by atoms with E-state index in [1.165, 1.54) is 0 Å². The van der Waals surface area contributed by atoms with E-state index < -0.39 is 0 Å². The van der Waals surface area contributed by atoms with Crippen LogP contribution in [0.5, 0.6) is 11.5 Å². The standard InChI is InChI=1S/C21H30O2SSi/c1-13(2)21(14(3)4,15(5)6)25-23-17-11-16-9-8-10-19(24-7)20(16)18(22)12-17/h8-15,22H,1-7H3. The highest BCUT2D eigenvalue weighted by atomic mass is 32.2. The van der Waals surface area contributed by atoms with E-state index in [-0.39, 0.29) is 5.04 Å². The van der Waals surface area contributed by atoms with Crippen molar-refractivity contribution in [3.05, 3.63) is 30.3 Å². The van der Waals surface area contributed by atoms with Gasteiger partial charge in [0.25, 0.3) is 0 Å². The molecule has 0 atom stereocenters. The Hall–Kier alpha value is -1.13. The summed E-state index contributed by atoms with van der Waals surface area (Å²) in [5.74, 6) is 2.65. The molecule has 0 aliphatic carbocycles. The number of benzene rings is 2. The Morgan fingerprint density at radius 3 is 2.12 bits per heavy atom. The first-order valence-corrected chi connectivity index (χ1v) is 11.1. The van der Waals surface area contributed by atoms with Crippen LogP contribution in [0, 0.1) is 17.8 Å². The van der Waals surface area contributed by atoms with Crippen molar-refractivity contribution in [3.63, 3.8) is 0 Å². The molecule has 25 heavy (non-hydrogen) atoms. The smallest absolute Gasteiger partial charge is 0.318 e. The lowest BCUT2D eigenvalue weighted by Crippen LogP contribution is -2.39. The molecule has 0 unspecified atom stereocenters. The summed E-state index contributed by atoms with van der Waals surface area (Å²) in [7, 11) is 0.361. The van der Waals surface area contributed by atoms with Crippen molar-refractivity contribution in [2.75, 3.05) is 6.26 Å². The minimum Gasteiger partial charge on any atom is -0.540 e. The molecule has 2 rings (SSSR count). The average Bonchev–Trinajstić information content (AvgIpc) is 2.53. The number of fused-ring (bicyclic) bond motifs is 1. The maximum atomic E-state index is 10.5. The molecule has 4 heteroatoms. The number of rotatable bonds is 7. The van der Waals surface area contributed by atoms with Gasteiger partial charge in [-0.1, -0.05) is 53.7 Å². The van der Waals surface area contributed by atoms with Crippen LogP contribution in [0.25, 0.3) is 10.8 Å². The second-order valence-electron chi connectivity index (χ2n) is 7.60. The van der Waals surface area contributed by atoms with Crippen molar-refractivity contribution in [2.45, 2.75) is 51.5 Å². The van der Waals surface area contributed by atoms with E-state index in [1.54, 1.807) is 17.8 Å². The number of phenolic OH excluding ortho intramolecular Hbond substituents is 1. The summed E-state index contributed by atoms with van der Waals surface area (Å²) in [6.07, 6.45) is 2.03.